The molecule has 0 bridgehead atoms. The number of aryl methyl sites for hydroxylation is 1. The van der Waals surface area contributed by atoms with Crippen molar-refractivity contribution in [2.75, 3.05) is 12.3 Å². The summed E-state index contributed by atoms with van der Waals surface area (Å²) in [6.07, 6.45) is 3.47. The third-order valence-electron chi connectivity index (χ3n) is 3.88. The van der Waals surface area contributed by atoms with Gasteiger partial charge in [-0.1, -0.05) is 0 Å². The number of likely N-dealkylation sites (tertiary alicyclic amines) is 1. The molecule has 0 spiro atoms. The third kappa shape index (κ3) is 4.93. The first kappa shape index (κ1) is 18.7. The van der Waals surface area contributed by atoms with Crippen molar-refractivity contribution in [2.24, 2.45) is 0 Å². The molecule has 0 radical (unpaired) electrons. The zero-order valence-corrected chi connectivity index (χ0v) is 15.6. The highest BCUT2D eigenvalue weighted by molar-refractivity contribution is 7.91. The van der Waals surface area contributed by atoms with E-state index in [2.05, 4.69) is 4.98 Å². The first-order chi connectivity index (χ1) is 11.1. The highest BCUT2D eigenvalue weighted by Gasteiger charge is 2.34. The summed E-state index contributed by atoms with van der Waals surface area (Å²) in [4.78, 5) is 17.9. The minimum Gasteiger partial charge on any atom is -0.444 e. The first-order valence-electron chi connectivity index (χ1n) is 8.23. The van der Waals surface area contributed by atoms with Gasteiger partial charge in [-0.2, -0.15) is 0 Å². The van der Waals surface area contributed by atoms with Gasteiger partial charge < -0.3 is 9.64 Å². The molecule has 0 N–H and O–H groups in total. The summed E-state index contributed by atoms with van der Waals surface area (Å²) in [6.45, 7) is 7.76. The molecular weight excluding hydrogens is 328 g/mol. The van der Waals surface area contributed by atoms with Gasteiger partial charge in [-0.25, -0.2) is 18.2 Å². The number of ether oxygens (including phenoxy) is 1. The maximum atomic E-state index is 12.7. The first-order valence-corrected chi connectivity index (χ1v) is 9.89. The van der Waals surface area contributed by atoms with Crippen molar-refractivity contribution in [3.05, 3.63) is 23.9 Å². The van der Waals surface area contributed by atoms with E-state index in [4.69, 9.17) is 4.74 Å². The Hall–Kier alpha value is -1.63. The van der Waals surface area contributed by atoms with Crippen molar-refractivity contribution in [1.29, 1.82) is 0 Å². The molecule has 2 heterocycles. The van der Waals surface area contributed by atoms with Gasteiger partial charge in [-0.05, 0) is 64.7 Å². The molecule has 1 aromatic heterocycles. The van der Waals surface area contributed by atoms with Crippen molar-refractivity contribution in [3.8, 4) is 0 Å². The average Bonchev–Trinajstić information content (AvgIpc) is 2.45. The summed E-state index contributed by atoms with van der Waals surface area (Å²) in [5.41, 5.74) is 0.243. The van der Waals surface area contributed by atoms with Gasteiger partial charge in [-0.3, -0.25) is 0 Å². The van der Waals surface area contributed by atoms with E-state index in [1.54, 1.807) is 37.8 Å². The van der Waals surface area contributed by atoms with Crippen LogP contribution in [0.1, 0.15) is 45.6 Å². The number of nitrogens with zero attached hydrogens (tertiary/aromatic N) is 2. The van der Waals surface area contributed by atoms with Gasteiger partial charge in [-0.15, -0.1) is 0 Å². The van der Waals surface area contributed by atoms with E-state index < -0.39 is 21.5 Å². The Labute approximate surface area is 144 Å². The zero-order chi connectivity index (χ0) is 18.0. The average molecular weight is 354 g/mol. The number of piperidine rings is 1. The van der Waals surface area contributed by atoms with E-state index in [1.165, 1.54) is 6.20 Å². The monoisotopic (exact) mass is 354 g/mol. The topological polar surface area (TPSA) is 76.6 Å². The Morgan fingerprint density at radius 2 is 2.08 bits per heavy atom. The summed E-state index contributed by atoms with van der Waals surface area (Å²) in [5, 5.41) is 0.0669. The minimum atomic E-state index is -3.55. The van der Waals surface area contributed by atoms with Crippen LogP contribution in [-0.2, 0) is 14.6 Å². The van der Waals surface area contributed by atoms with Gasteiger partial charge in [0.2, 0.25) is 0 Å². The van der Waals surface area contributed by atoms with E-state index in [1.807, 2.05) is 6.92 Å². The molecule has 1 amide bonds. The van der Waals surface area contributed by atoms with Gasteiger partial charge in [0.1, 0.15) is 5.60 Å². The van der Waals surface area contributed by atoms with Crippen LogP contribution < -0.4 is 0 Å². The van der Waals surface area contributed by atoms with Crippen LogP contribution in [0.5, 0.6) is 0 Å². The SMILES string of the molecule is Cc1ccnc(S(=O)(=O)CC2CCCCN2C(=O)OC(C)(C)C)c1. The molecule has 1 aromatic rings. The van der Waals surface area contributed by atoms with Crippen LogP contribution in [0, 0.1) is 6.92 Å². The summed E-state index contributed by atoms with van der Waals surface area (Å²) >= 11 is 0. The Morgan fingerprint density at radius 3 is 2.71 bits per heavy atom. The molecule has 2 rings (SSSR count). The van der Waals surface area contributed by atoms with Crippen LogP contribution in [0.4, 0.5) is 4.79 Å². The van der Waals surface area contributed by atoms with Crippen molar-refractivity contribution in [3.63, 3.8) is 0 Å². The highest BCUT2D eigenvalue weighted by Crippen LogP contribution is 2.23. The highest BCUT2D eigenvalue weighted by atomic mass is 32.2. The smallest absolute Gasteiger partial charge is 0.410 e. The summed E-state index contributed by atoms with van der Waals surface area (Å²) in [6, 6.07) is 2.95. The van der Waals surface area contributed by atoms with Crippen LogP contribution in [0.3, 0.4) is 0 Å². The fraction of sp³-hybridized carbons (Fsp3) is 0.647. The second kappa shape index (κ2) is 7.09. The predicted octanol–water partition coefficient (Wildman–Crippen LogP) is 2.95. The second-order valence-corrected chi connectivity index (χ2v) is 9.26. The van der Waals surface area contributed by atoms with Crippen molar-refractivity contribution >= 4 is 15.9 Å². The van der Waals surface area contributed by atoms with E-state index in [0.717, 1.165) is 18.4 Å². The number of carbonyl (C=O) groups excluding carboxylic acids is 1. The summed E-state index contributed by atoms with van der Waals surface area (Å²) in [5.74, 6) is -0.122. The predicted molar refractivity (Wildman–Crippen MR) is 91.6 cm³/mol. The Morgan fingerprint density at radius 1 is 1.38 bits per heavy atom. The van der Waals surface area contributed by atoms with Crippen LogP contribution >= 0.6 is 0 Å². The zero-order valence-electron chi connectivity index (χ0n) is 14.8. The van der Waals surface area contributed by atoms with Gasteiger partial charge in [0.05, 0.1) is 5.75 Å². The van der Waals surface area contributed by atoms with Gasteiger partial charge in [0.25, 0.3) is 0 Å². The van der Waals surface area contributed by atoms with Crippen LogP contribution in [0.15, 0.2) is 23.4 Å². The van der Waals surface area contributed by atoms with Crippen LogP contribution in [0.2, 0.25) is 0 Å². The van der Waals surface area contributed by atoms with Crippen LogP contribution in [0.25, 0.3) is 0 Å². The number of pyridine rings is 1. The summed E-state index contributed by atoms with van der Waals surface area (Å²) < 4.78 is 30.8. The molecule has 6 nitrogen and oxygen atoms in total. The lowest BCUT2D eigenvalue weighted by atomic mass is 10.0. The number of hydrogen-bond acceptors (Lipinski definition) is 5. The fourth-order valence-electron chi connectivity index (χ4n) is 2.75. The molecule has 1 atom stereocenters. The van der Waals surface area contributed by atoms with E-state index in [0.29, 0.717) is 13.0 Å². The normalized spacial score (nSPS) is 19.2. The Kier molecular flexibility index (Phi) is 5.52. The molecule has 1 fully saturated rings. The maximum absolute atomic E-state index is 12.7. The van der Waals surface area contributed by atoms with Gasteiger partial charge in [0.15, 0.2) is 14.9 Å². The standard InChI is InChI=1S/C17H26N2O4S/c1-13-8-9-18-15(11-13)24(21,22)12-14-7-5-6-10-19(14)16(20)23-17(2,3)4/h8-9,11,14H,5-7,10,12H2,1-4H3. The molecule has 134 valence electrons. The molecule has 1 saturated heterocycles. The quantitative estimate of drug-likeness (QED) is 0.834. The molecule has 1 unspecified atom stereocenters. The van der Waals surface area contributed by atoms with Crippen molar-refractivity contribution < 1.29 is 17.9 Å². The Balaban J connectivity index is 2.17. The molecule has 7 heteroatoms. The molecule has 0 aromatic carbocycles. The molecule has 0 saturated carbocycles. The third-order valence-corrected chi connectivity index (χ3v) is 5.56. The fourth-order valence-corrected chi connectivity index (χ4v) is 4.36. The largest absolute Gasteiger partial charge is 0.444 e. The number of carbonyl (C=O) groups is 1. The molecule has 0 aliphatic carbocycles. The van der Waals surface area contributed by atoms with Crippen molar-refractivity contribution in [1.82, 2.24) is 9.88 Å². The number of hydrogen-bond donors (Lipinski definition) is 0. The lowest BCUT2D eigenvalue weighted by molar-refractivity contribution is 0.0124. The number of rotatable bonds is 3. The molecule has 24 heavy (non-hydrogen) atoms. The number of aromatic nitrogens is 1. The van der Waals surface area contributed by atoms with Crippen LogP contribution in [-0.4, -0.2) is 48.3 Å². The maximum Gasteiger partial charge on any atom is 0.410 e. The molecule has 1 aliphatic rings. The van der Waals surface area contributed by atoms with Gasteiger partial charge >= 0.3 is 6.09 Å². The lowest BCUT2D eigenvalue weighted by Crippen LogP contribution is -2.48. The second-order valence-electron chi connectivity index (χ2n) is 7.28. The molecular formula is C17H26N2O4S. The van der Waals surface area contributed by atoms with E-state index in [9.17, 15) is 13.2 Å². The summed E-state index contributed by atoms with van der Waals surface area (Å²) in [7, 11) is -3.55. The molecule has 1 aliphatic heterocycles. The lowest BCUT2D eigenvalue weighted by Gasteiger charge is -2.36. The number of amides is 1. The number of sulfone groups is 1. The van der Waals surface area contributed by atoms with Gasteiger partial charge in [0, 0.05) is 18.8 Å². The van der Waals surface area contributed by atoms with Crippen molar-refractivity contribution in [2.45, 2.75) is 63.6 Å². The van der Waals surface area contributed by atoms with E-state index in [-0.39, 0.29) is 16.8 Å². The minimum absolute atomic E-state index is 0.0669. The Bertz CT molecular complexity index is 695. The van der Waals surface area contributed by atoms with E-state index >= 15 is 0 Å².